The van der Waals surface area contributed by atoms with Gasteiger partial charge in [-0.2, -0.15) is 0 Å². The van der Waals surface area contributed by atoms with Crippen LogP contribution in [0.15, 0.2) is 134 Å². The molecule has 2 saturated carbocycles. The van der Waals surface area contributed by atoms with Gasteiger partial charge in [0.2, 0.25) is 0 Å². The summed E-state index contributed by atoms with van der Waals surface area (Å²) in [7, 11) is 0. The van der Waals surface area contributed by atoms with Crippen LogP contribution < -0.4 is 11.0 Å². The third kappa shape index (κ3) is 2.91. The second-order valence-electron chi connectivity index (χ2n) is 13.5. The Balaban J connectivity index is 1.26. The maximum atomic E-state index is 5.79. The fourth-order valence-electron chi connectivity index (χ4n) is 8.97. The van der Waals surface area contributed by atoms with Crippen LogP contribution in [-0.2, 0) is 5.54 Å². The van der Waals surface area contributed by atoms with Gasteiger partial charge in [0, 0.05) is 49.6 Å². The van der Waals surface area contributed by atoms with Gasteiger partial charge in [0.25, 0.3) is 0 Å². The second-order valence-corrected chi connectivity index (χ2v) is 13.5. The number of benzene rings is 5. The molecule has 7 heteroatoms. The van der Waals surface area contributed by atoms with Crippen molar-refractivity contribution < 1.29 is 0 Å². The number of rotatable bonds is 0. The normalized spacial score (nSPS) is 22.2. The van der Waals surface area contributed by atoms with Gasteiger partial charge in [-0.25, -0.2) is 20.0 Å². The summed E-state index contributed by atoms with van der Waals surface area (Å²) < 4.78 is 0. The Kier molecular flexibility index (Phi) is 4.17. The first kappa shape index (κ1) is 24.3. The summed E-state index contributed by atoms with van der Waals surface area (Å²) in [4.78, 5) is 34.1. The molecule has 8 bridgehead atoms. The number of nitrogens with zero attached hydrogens (tertiary/aromatic N) is 5. The van der Waals surface area contributed by atoms with E-state index in [1.165, 1.54) is 21.9 Å². The predicted molar refractivity (Wildman–Crippen MR) is 185 cm³/mol. The lowest BCUT2D eigenvalue weighted by atomic mass is 9.96. The van der Waals surface area contributed by atoms with E-state index in [9.17, 15) is 0 Å². The summed E-state index contributed by atoms with van der Waals surface area (Å²) in [5, 5.41) is 6.53. The molecule has 1 spiro atoms. The van der Waals surface area contributed by atoms with E-state index in [4.69, 9.17) is 25.0 Å². The van der Waals surface area contributed by atoms with Crippen molar-refractivity contribution >= 4 is 61.3 Å². The van der Waals surface area contributed by atoms with E-state index < -0.39 is 0 Å². The van der Waals surface area contributed by atoms with Gasteiger partial charge in [-0.05, 0) is 41.3 Å². The van der Waals surface area contributed by atoms with Gasteiger partial charge in [-0.1, -0.05) is 97.1 Å². The summed E-state index contributed by atoms with van der Waals surface area (Å²) in [5.74, 6) is 3.06. The number of fused-ring (bicyclic) bond motifs is 17. The molecule has 2 atom stereocenters. The minimum absolute atomic E-state index is 0.0906. The van der Waals surface area contributed by atoms with E-state index in [0.29, 0.717) is 11.7 Å². The van der Waals surface area contributed by atoms with E-state index >= 15 is 0 Å². The number of nitrogens with one attached hydrogen (secondary N) is 2. The molecule has 3 aliphatic carbocycles. The summed E-state index contributed by atoms with van der Waals surface area (Å²) in [6.45, 7) is 0. The molecule has 2 N–H and O–H groups in total. The van der Waals surface area contributed by atoms with Gasteiger partial charge in [-0.3, -0.25) is 4.99 Å². The highest BCUT2D eigenvalue weighted by molar-refractivity contribution is 6.24. The quantitative estimate of drug-likeness (QED) is 0.182. The van der Waals surface area contributed by atoms with Gasteiger partial charge < -0.3 is 9.97 Å². The summed E-state index contributed by atoms with van der Waals surface area (Å²) >= 11 is 0. The average molecular weight is 604 g/mol. The first-order valence-corrected chi connectivity index (χ1v) is 16.3. The van der Waals surface area contributed by atoms with Gasteiger partial charge in [-0.15, -0.1) is 0 Å². The average Bonchev–Trinajstić information content (AvgIpc) is 3.78. The van der Waals surface area contributed by atoms with E-state index in [1.807, 2.05) is 12.1 Å². The monoisotopic (exact) mass is 603 g/mol. The van der Waals surface area contributed by atoms with Gasteiger partial charge in [0.05, 0.1) is 5.71 Å². The maximum absolute atomic E-state index is 5.79. The number of hydrogen-bond acceptors (Lipinski definition) is 5. The molecule has 2 aliphatic heterocycles. The Morgan fingerprint density at radius 1 is 0.532 bits per heavy atom. The molecule has 5 aliphatic rings. The lowest BCUT2D eigenvalue weighted by Crippen LogP contribution is -2.18. The number of aromatic nitrogens is 2. The Hall–Kier alpha value is -5.95. The largest absolute Gasteiger partial charge is 0.324 e. The lowest BCUT2D eigenvalue weighted by molar-refractivity contribution is 0.610. The minimum Gasteiger partial charge on any atom is -0.324 e. The van der Waals surface area contributed by atoms with Crippen LogP contribution in [0.1, 0.15) is 35.1 Å². The topological polar surface area (TPSA) is 93.4 Å². The third-order valence-electron chi connectivity index (χ3n) is 11.2. The number of hydrogen-bond donors (Lipinski definition) is 2. The fraction of sp³-hybridized carbons (Fsp3) is 0.125. The molecule has 7 nitrogen and oxygen atoms in total. The van der Waals surface area contributed by atoms with Crippen LogP contribution >= 0.6 is 0 Å². The van der Waals surface area contributed by atoms with Crippen LogP contribution in [-0.4, -0.2) is 27.4 Å². The Bertz CT molecular complexity index is 2830. The summed E-state index contributed by atoms with van der Waals surface area (Å²) in [6, 6.07) is 38.3. The third-order valence-corrected chi connectivity index (χ3v) is 11.2. The predicted octanol–water partition coefficient (Wildman–Crippen LogP) is 7.33. The van der Waals surface area contributed by atoms with Gasteiger partial charge in [0.15, 0.2) is 11.7 Å². The second kappa shape index (κ2) is 8.06. The first-order chi connectivity index (χ1) is 23.2. The number of aromatic amines is 2. The van der Waals surface area contributed by atoms with Crippen molar-refractivity contribution in [1.82, 2.24) is 9.97 Å². The molecule has 5 aromatic carbocycles. The number of H-pyrrole nitrogens is 2. The first-order valence-electron chi connectivity index (χ1n) is 16.3. The number of aliphatic imine (C=N–C) groups is 3. The fourth-order valence-corrected chi connectivity index (χ4v) is 8.97. The van der Waals surface area contributed by atoms with Crippen molar-refractivity contribution in [2.24, 2.45) is 36.3 Å². The van der Waals surface area contributed by atoms with Crippen molar-refractivity contribution in [2.45, 2.75) is 18.4 Å². The van der Waals surface area contributed by atoms with Crippen LogP contribution in [0, 0.1) is 11.3 Å². The van der Waals surface area contributed by atoms with Crippen molar-refractivity contribution in [3.63, 3.8) is 0 Å². The van der Waals surface area contributed by atoms with Gasteiger partial charge >= 0.3 is 0 Å². The number of amidine groups is 2. The zero-order valence-corrected chi connectivity index (χ0v) is 25.1. The van der Waals surface area contributed by atoms with Crippen molar-refractivity contribution in [1.29, 1.82) is 0 Å². The molecule has 2 aromatic heterocycles. The Labute approximate surface area is 267 Å². The maximum Gasteiger partial charge on any atom is 0.164 e. The highest BCUT2D eigenvalue weighted by Crippen LogP contribution is 2.86. The van der Waals surface area contributed by atoms with Crippen molar-refractivity contribution in [3.8, 4) is 0 Å². The molecule has 220 valence electrons. The smallest absolute Gasteiger partial charge is 0.164 e. The zero-order valence-electron chi connectivity index (χ0n) is 25.1. The van der Waals surface area contributed by atoms with Crippen molar-refractivity contribution in [2.75, 3.05) is 0 Å². The van der Waals surface area contributed by atoms with Crippen LogP contribution in [0.2, 0.25) is 0 Å². The van der Waals surface area contributed by atoms with Crippen LogP contribution in [0.5, 0.6) is 0 Å². The minimum atomic E-state index is -0.367. The molecule has 47 heavy (non-hydrogen) atoms. The molecule has 0 saturated heterocycles. The van der Waals surface area contributed by atoms with Crippen LogP contribution in [0.25, 0.3) is 32.3 Å². The summed E-state index contributed by atoms with van der Waals surface area (Å²) in [6.07, 6.45) is 2.29. The molecular weight excluding hydrogens is 578 g/mol. The molecule has 0 amide bonds. The lowest BCUT2D eigenvalue weighted by Gasteiger charge is -2.13. The molecule has 7 aromatic rings. The SMILES string of the molecule is c1ccc2c(c1)C1=NC2=Nc2[nH]c(c3ccccc23)N=C2c3ccccc3C3(N=c4[nH]c(c5cc6ccccc6cc45)=N1)C2C31CC1. The highest BCUT2D eigenvalue weighted by atomic mass is 15.1. The molecular formula is C40H25N7. The van der Waals surface area contributed by atoms with Crippen LogP contribution in [0.4, 0.5) is 11.6 Å². The molecule has 2 unspecified atom stereocenters. The van der Waals surface area contributed by atoms with E-state index in [-0.39, 0.29) is 16.9 Å². The van der Waals surface area contributed by atoms with E-state index in [2.05, 4.69) is 107 Å². The molecule has 4 heterocycles. The Morgan fingerprint density at radius 3 is 1.85 bits per heavy atom. The van der Waals surface area contributed by atoms with Gasteiger partial charge in [0.1, 0.15) is 28.2 Å². The molecule has 12 rings (SSSR count). The Morgan fingerprint density at radius 2 is 1.13 bits per heavy atom. The van der Waals surface area contributed by atoms with Crippen LogP contribution in [0.3, 0.4) is 0 Å². The standard InChI is InChI=1S/C40H25N7/c1-2-10-22-20-29-28(19-21(22)9-1)37-45-36-26-14-6-5-13-25(26)35(44-36)43-34-24-12-4-3-11-23(24)33(42-34)41-31-27-15-7-8-16-30(27)40(47-38(29)46-37)32(31)39(40)17-18-39/h1-16,19-20,32,42H,17-18H2,(H,43,44,45,46,47). The van der Waals surface area contributed by atoms with Crippen molar-refractivity contribution in [3.05, 3.63) is 142 Å². The van der Waals surface area contributed by atoms with E-state index in [0.717, 1.165) is 73.8 Å². The molecule has 0 radical (unpaired) electrons. The highest BCUT2D eigenvalue weighted by Gasteiger charge is 2.87. The van der Waals surface area contributed by atoms with E-state index in [1.54, 1.807) is 0 Å². The summed E-state index contributed by atoms with van der Waals surface area (Å²) in [5.41, 5.74) is 6.87. The zero-order chi connectivity index (χ0) is 30.5. The molecule has 2 fully saturated rings.